The molecule has 6 nitrogen and oxygen atoms in total. The summed E-state index contributed by atoms with van der Waals surface area (Å²) in [7, 11) is -0.443. The Kier molecular flexibility index (Phi) is 8.35. The molecule has 0 heterocycles. The Balaban J connectivity index is 0.00000176. The van der Waals surface area contributed by atoms with Gasteiger partial charge < -0.3 is 24.5 Å². The highest BCUT2D eigenvalue weighted by Gasteiger charge is 2.15. The van der Waals surface area contributed by atoms with Crippen LogP contribution in [0.15, 0.2) is 30.3 Å². The first-order valence-corrected chi connectivity index (χ1v) is 10.6. The largest absolute Gasteiger partial charge is 0.506 e. The zero-order valence-corrected chi connectivity index (χ0v) is 17.7. The number of nitrogens with zero attached hydrogens (tertiary/aromatic N) is 1. The van der Waals surface area contributed by atoms with Gasteiger partial charge in [0.05, 0.1) is 5.69 Å². The lowest BCUT2D eigenvalue weighted by atomic mass is 9.95. The number of aryl methyl sites for hydroxylation is 2. The normalized spacial score (nSPS) is 10.8. The maximum Gasteiger partial charge on any atom is 0.362 e. The van der Waals surface area contributed by atoms with E-state index in [1.807, 2.05) is 58.8 Å². The van der Waals surface area contributed by atoms with Gasteiger partial charge in [0, 0.05) is 14.1 Å². The summed E-state index contributed by atoms with van der Waals surface area (Å²) in [6.45, 7) is 7.89. The summed E-state index contributed by atoms with van der Waals surface area (Å²) in [5.74, 6) is 0.685. The maximum absolute atomic E-state index is 10.9. The van der Waals surface area contributed by atoms with Crippen LogP contribution in [0.2, 0.25) is 0 Å². The Labute approximate surface area is 161 Å². The van der Waals surface area contributed by atoms with Gasteiger partial charge in [0.15, 0.2) is 6.35 Å². The molecule has 0 aromatic heterocycles. The van der Waals surface area contributed by atoms with Crippen LogP contribution in [0.1, 0.15) is 36.1 Å². The van der Waals surface area contributed by atoms with Crippen molar-refractivity contribution in [1.82, 2.24) is 0 Å². The summed E-state index contributed by atoms with van der Waals surface area (Å²) < 4.78 is 16.1. The first kappa shape index (κ1) is 23.0. The van der Waals surface area contributed by atoms with Gasteiger partial charge in [0.2, 0.25) is 0 Å². The van der Waals surface area contributed by atoms with Crippen molar-refractivity contribution in [1.29, 1.82) is 0 Å². The maximum atomic E-state index is 10.9. The minimum Gasteiger partial charge on any atom is -0.506 e. The van der Waals surface area contributed by atoms with Crippen LogP contribution in [0.5, 0.6) is 11.5 Å². The van der Waals surface area contributed by atoms with Crippen LogP contribution in [0, 0.1) is 13.8 Å². The topological polar surface area (TPSA) is 90.2 Å². The molecule has 2 aromatic carbocycles. The number of hydrogen-bond donors (Lipinski definition) is 3. The molecular formula is C20H30NO5P. The number of benzene rings is 2. The number of phenols is 1. The SMILES string of the molecule is CC.Cc1cc(OCP(=O)(O)O)cc(C)c1Cc1ccc(O)c(N(C)C)c1. The molecule has 3 N–H and O–H groups in total. The molecule has 0 bridgehead atoms. The molecule has 0 aliphatic rings. The summed E-state index contributed by atoms with van der Waals surface area (Å²) in [6.07, 6.45) is 0.0624. The third-order valence-electron chi connectivity index (χ3n) is 3.97. The van der Waals surface area contributed by atoms with Gasteiger partial charge in [-0.2, -0.15) is 0 Å². The zero-order chi connectivity index (χ0) is 20.8. The highest BCUT2D eigenvalue weighted by Crippen LogP contribution is 2.35. The third-order valence-corrected chi connectivity index (χ3v) is 4.44. The van der Waals surface area contributed by atoms with Crippen molar-refractivity contribution in [2.24, 2.45) is 0 Å². The number of aromatic hydroxyl groups is 1. The molecular weight excluding hydrogens is 365 g/mol. The van der Waals surface area contributed by atoms with Crippen molar-refractivity contribution in [3.05, 3.63) is 52.6 Å². The molecule has 0 amide bonds. The van der Waals surface area contributed by atoms with Crippen LogP contribution in [-0.4, -0.2) is 35.3 Å². The standard InChI is InChI=1S/C18H24NO5P.C2H6/c1-12-7-15(24-11-25(21,22)23)8-13(2)16(12)9-14-5-6-18(20)17(10-14)19(3)4;1-2/h5-8,10,20H,9,11H2,1-4H3,(H2,21,22,23);1-2H3. The van der Waals surface area contributed by atoms with E-state index in [0.29, 0.717) is 12.2 Å². The predicted octanol–water partition coefficient (Wildman–Crippen LogP) is 4.21. The van der Waals surface area contributed by atoms with E-state index >= 15 is 0 Å². The second-order valence-electron chi connectivity index (χ2n) is 6.37. The van der Waals surface area contributed by atoms with E-state index in [-0.39, 0.29) is 5.75 Å². The first-order valence-electron chi connectivity index (χ1n) is 8.83. The molecule has 0 saturated heterocycles. The minimum atomic E-state index is -4.20. The molecule has 0 saturated carbocycles. The van der Waals surface area contributed by atoms with Gasteiger partial charge in [-0.1, -0.05) is 19.9 Å². The average Bonchev–Trinajstić information content (AvgIpc) is 2.58. The van der Waals surface area contributed by atoms with Gasteiger partial charge >= 0.3 is 7.60 Å². The van der Waals surface area contributed by atoms with E-state index < -0.39 is 13.9 Å². The van der Waals surface area contributed by atoms with Crippen molar-refractivity contribution in [2.45, 2.75) is 34.1 Å². The second kappa shape index (κ2) is 9.79. The molecule has 0 radical (unpaired) electrons. The molecule has 2 rings (SSSR count). The van der Waals surface area contributed by atoms with Crippen LogP contribution in [0.3, 0.4) is 0 Å². The lowest BCUT2D eigenvalue weighted by Crippen LogP contribution is -2.09. The fraction of sp³-hybridized carbons (Fsp3) is 0.400. The molecule has 0 unspecified atom stereocenters. The zero-order valence-electron chi connectivity index (χ0n) is 16.9. The Bertz CT molecular complexity index is 791. The number of ether oxygens (including phenoxy) is 1. The summed E-state index contributed by atoms with van der Waals surface area (Å²) in [4.78, 5) is 19.7. The summed E-state index contributed by atoms with van der Waals surface area (Å²) in [6, 6.07) is 9.09. The van der Waals surface area contributed by atoms with Crippen LogP contribution < -0.4 is 9.64 Å². The quantitative estimate of drug-likeness (QED) is 0.635. The van der Waals surface area contributed by atoms with Gasteiger partial charge in [0.25, 0.3) is 0 Å². The van der Waals surface area contributed by atoms with Gasteiger partial charge in [-0.3, -0.25) is 4.57 Å². The fourth-order valence-electron chi connectivity index (χ4n) is 2.72. The van der Waals surface area contributed by atoms with E-state index in [1.54, 1.807) is 18.2 Å². The van der Waals surface area contributed by atoms with Crippen LogP contribution in [0.25, 0.3) is 0 Å². The first-order chi connectivity index (χ1) is 12.6. The number of rotatable bonds is 6. The molecule has 7 heteroatoms. The molecule has 0 spiro atoms. The molecule has 27 heavy (non-hydrogen) atoms. The monoisotopic (exact) mass is 395 g/mol. The Morgan fingerprint density at radius 2 is 1.59 bits per heavy atom. The second-order valence-corrected chi connectivity index (χ2v) is 7.96. The van der Waals surface area contributed by atoms with Crippen molar-refractivity contribution >= 4 is 13.3 Å². The van der Waals surface area contributed by atoms with Crippen LogP contribution in [0.4, 0.5) is 5.69 Å². The van der Waals surface area contributed by atoms with E-state index in [9.17, 15) is 9.67 Å². The minimum absolute atomic E-state index is 0.239. The van der Waals surface area contributed by atoms with Crippen LogP contribution in [-0.2, 0) is 11.0 Å². The van der Waals surface area contributed by atoms with Crippen molar-refractivity contribution < 1.29 is 24.2 Å². The van der Waals surface area contributed by atoms with Crippen molar-refractivity contribution in [3.8, 4) is 11.5 Å². The lowest BCUT2D eigenvalue weighted by Gasteiger charge is -2.17. The molecule has 0 atom stereocenters. The Morgan fingerprint density at radius 3 is 2.07 bits per heavy atom. The summed E-state index contributed by atoms with van der Waals surface area (Å²) in [5.41, 5.74) is 4.92. The molecule has 2 aromatic rings. The average molecular weight is 395 g/mol. The van der Waals surface area contributed by atoms with E-state index in [0.717, 1.165) is 27.9 Å². The smallest absolute Gasteiger partial charge is 0.362 e. The van der Waals surface area contributed by atoms with Gasteiger partial charge in [-0.15, -0.1) is 0 Å². The van der Waals surface area contributed by atoms with E-state index in [1.165, 1.54) is 0 Å². The summed E-state index contributed by atoms with van der Waals surface area (Å²) in [5, 5.41) is 9.92. The highest BCUT2D eigenvalue weighted by atomic mass is 31.2. The third kappa shape index (κ3) is 6.90. The molecule has 150 valence electrons. The molecule has 0 fully saturated rings. The fourth-order valence-corrected chi connectivity index (χ4v) is 3.03. The Hall–Kier alpha value is -2.01. The van der Waals surface area contributed by atoms with E-state index in [4.69, 9.17) is 14.5 Å². The van der Waals surface area contributed by atoms with Crippen molar-refractivity contribution in [3.63, 3.8) is 0 Å². The van der Waals surface area contributed by atoms with Gasteiger partial charge in [0.1, 0.15) is 11.5 Å². The predicted molar refractivity (Wildman–Crippen MR) is 110 cm³/mol. The molecule has 0 aliphatic heterocycles. The highest BCUT2D eigenvalue weighted by molar-refractivity contribution is 7.51. The Morgan fingerprint density at radius 1 is 1.04 bits per heavy atom. The van der Waals surface area contributed by atoms with Crippen molar-refractivity contribution in [2.75, 3.05) is 25.3 Å². The van der Waals surface area contributed by atoms with Crippen LogP contribution >= 0.6 is 7.60 Å². The lowest BCUT2D eigenvalue weighted by molar-refractivity contribution is 0.300. The number of anilines is 1. The number of hydrogen-bond acceptors (Lipinski definition) is 4. The number of phenolic OH excluding ortho intramolecular Hbond substituents is 1. The molecule has 0 aliphatic carbocycles. The van der Waals surface area contributed by atoms with E-state index in [2.05, 4.69) is 0 Å². The van der Waals surface area contributed by atoms with Gasteiger partial charge in [-0.25, -0.2) is 0 Å². The van der Waals surface area contributed by atoms with Gasteiger partial charge in [-0.05, 0) is 66.8 Å². The summed E-state index contributed by atoms with van der Waals surface area (Å²) >= 11 is 0.